The molecule has 0 radical (unpaired) electrons. The fourth-order valence-corrected chi connectivity index (χ4v) is 0.967. The van der Waals surface area contributed by atoms with Gasteiger partial charge in [-0.25, -0.2) is 13.5 Å². The highest BCUT2D eigenvalue weighted by atomic mass is 19.3. The average Bonchev–Trinajstić information content (AvgIpc) is 2.46. The monoisotopic (exact) mass is 219 g/mol. The lowest BCUT2D eigenvalue weighted by Crippen LogP contribution is -2.36. The molecule has 1 rings (SSSR count). The van der Waals surface area contributed by atoms with Gasteiger partial charge in [0.1, 0.15) is 6.54 Å². The van der Waals surface area contributed by atoms with Gasteiger partial charge >= 0.3 is 0 Å². The summed E-state index contributed by atoms with van der Waals surface area (Å²) in [5, 5.41) is 13.7. The molecule has 0 fully saturated rings. The minimum absolute atomic E-state index is 0.0956. The molecule has 1 aromatic rings. The highest BCUT2D eigenvalue weighted by Gasteiger charge is 2.14. The third-order valence-corrected chi connectivity index (χ3v) is 1.69. The maximum absolute atomic E-state index is 12.1. The largest absolute Gasteiger partial charge is 0.305 e. The van der Waals surface area contributed by atoms with E-state index >= 15 is 0 Å². The Kier molecular flexibility index (Phi) is 3.67. The van der Waals surface area contributed by atoms with Crippen LogP contribution in [-0.2, 0) is 13.1 Å². The second-order valence-corrected chi connectivity index (χ2v) is 4.27. The zero-order valence-corrected chi connectivity index (χ0v) is 9.04. The fourth-order valence-electron chi connectivity index (χ4n) is 0.967. The number of halogens is 2. The van der Waals surface area contributed by atoms with E-state index in [9.17, 15) is 8.78 Å². The summed E-state index contributed by atoms with van der Waals surface area (Å²) in [5.41, 5.74) is -0.0956. The Hall–Kier alpha value is -1.11. The van der Waals surface area contributed by atoms with Crippen molar-refractivity contribution in [1.29, 1.82) is 0 Å². The lowest BCUT2D eigenvalue weighted by atomic mass is 10.1. The Labute approximate surface area is 86.9 Å². The number of nitrogens with one attached hydrogen (secondary N) is 1. The summed E-state index contributed by atoms with van der Waals surface area (Å²) in [6.07, 6.45) is -2.44. The van der Waals surface area contributed by atoms with Gasteiger partial charge in [-0.2, -0.15) is 0 Å². The maximum Gasteiger partial charge on any atom is 0.258 e. The van der Waals surface area contributed by atoms with Crippen LogP contribution in [0.3, 0.4) is 0 Å². The number of tetrazole rings is 1. The molecular weight excluding hydrogens is 204 g/mol. The van der Waals surface area contributed by atoms with Crippen LogP contribution in [0.4, 0.5) is 8.78 Å². The van der Waals surface area contributed by atoms with Crippen molar-refractivity contribution in [2.45, 2.75) is 45.8 Å². The number of rotatable bonds is 4. The van der Waals surface area contributed by atoms with Crippen molar-refractivity contribution >= 4 is 0 Å². The van der Waals surface area contributed by atoms with Gasteiger partial charge in [-0.3, -0.25) is 0 Å². The van der Waals surface area contributed by atoms with E-state index in [0.717, 1.165) is 4.68 Å². The summed E-state index contributed by atoms with van der Waals surface area (Å²) in [4.78, 5) is 0. The topological polar surface area (TPSA) is 55.6 Å². The number of hydrogen-bond acceptors (Lipinski definition) is 4. The van der Waals surface area contributed by atoms with E-state index in [2.05, 4.69) is 20.8 Å². The van der Waals surface area contributed by atoms with E-state index < -0.39 is 13.0 Å². The molecule has 1 heterocycles. The van der Waals surface area contributed by atoms with Crippen LogP contribution in [0, 0.1) is 0 Å². The molecule has 0 saturated heterocycles. The Balaban J connectivity index is 2.57. The van der Waals surface area contributed by atoms with E-state index in [1.807, 2.05) is 20.8 Å². The van der Waals surface area contributed by atoms with E-state index in [0.29, 0.717) is 12.4 Å². The SMILES string of the molecule is CC(C)(C)NCc1nnnn1CC(F)F. The van der Waals surface area contributed by atoms with Gasteiger partial charge in [0, 0.05) is 5.54 Å². The number of hydrogen-bond donors (Lipinski definition) is 1. The van der Waals surface area contributed by atoms with Gasteiger partial charge in [0.15, 0.2) is 5.82 Å². The van der Waals surface area contributed by atoms with Gasteiger partial charge in [-0.15, -0.1) is 5.10 Å². The summed E-state index contributed by atoms with van der Waals surface area (Å²) in [7, 11) is 0. The molecule has 1 N–H and O–H groups in total. The molecule has 0 atom stereocenters. The van der Waals surface area contributed by atoms with Crippen molar-refractivity contribution in [1.82, 2.24) is 25.5 Å². The minimum Gasteiger partial charge on any atom is -0.305 e. The average molecular weight is 219 g/mol. The number of nitrogens with zero attached hydrogens (tertiary/aromatic N) is 4. The van der Waals surface area contributed by atoms with Crippen LogP contribution in [-0.4, -0.2) is 32.2 Å². The van der Waals surface area contributed by atoms with Crippen molar-refractivity contribution in [3.63, 3.8) is 0 Å². The molecule has 0 aromatic carbocycles. The second-order valence-electron chi connectivity index (χ2n) is 4.27. The van der Waals surface area contributed by atoms with Gasteiger partial charge < -0.3 is 5.32 Å². The molecule has 0 unspecified atom stereocenters. The van der Waals surface area contributed by atoms with Crippen molar-refractivity contribution in [3.05, 3.63) is 5.82 Å². The lowest BCUT2D eigenvalue weighted by Gasteiger charge is -2.19. The molecular formula is C8H15F2N5. The van der Waals surface area contributed by atoms with Crippen molar-refractivity contribution in [3.8, 4) is 0 Å². The zero-order chi connectivity index (χ0) is 11.5. The van der Waals surface area contributed by atoms with Crippen molar-refractivity contribution in [2.24, 2.45) is 0 Å². The summed E-state index contributed by atoms with van der Waals surface area (Å²) in [6.45, 7) is 5.86. The molecule has 0 bridgehead atoms. The van der Waals surface area contributed by atoms with Crippen LogP contribution in [0.2, 0.25) is 0 Å². The van der Waals surface area contributed by atoms with E-state index in [4.69, 9.17) is 0 Å². The first-order chi connectivity index (χ1) is 6.88. The number of alkyl halides is 2. The fraction of sp³-hybridized carbons (Fsp3) is 0.875. The molecule has 5 nitrogen and oxygen atoms in total. The summed E-state index contributed by atoms with van der Waals surface area (Å²) < 4.78 is 25.3. The Morgan fingerprint density at radius 3 is 2.60 bits per heavy atom. The van der Waals surface area contributed by atoms with Gasteiger partial charge in [0.05, 0.1) is 6.54 Å². The van der Waals surface area contributed by atoms with Gasteiger partial charge in [-0.05, 0) is 31.2 Å². The van der Waals surface area contributed by atoms with Crippen LogP contribution in [0.25, 0.3) is 0 Å². The molecule has 1 aromatic heterocycles. The first-order valence-corrected chi connectivity index (χ1v) is 4.67. The molecule has 0 aliphatic carbocycles. The molecule has 0 aliphatic heterocycles. The molecule has 0 saturated carbocycles. The number of aromatic nitrogens is 4. The molecule has 0 spiro atoms. The van der Waals surface area contributed by atoms with Crippen LogP contribution < -0.4 is 5.32 Å². The maximum atomic E-state index is 12.1. The molecule has 0 aliphatic rings. The van der Waals surface area contributed by atoms with E-state index in [1.165, 1.54) is 0 Å². The summed E-state index contributed by atoms with van der Waals surface area (Å²) in [5.74, 6) is 0.422. The molecule has 86 valence electrons. The molecule has 0 amide bonds. The minimum atomic E-state index is -2.44. The highest BCUT2D eigenvalue weighted by molar-refractivity contribution is 4.83. The standard InChI is InChI=1S/C8H15F2N5/c1-8(2,3)11-4-7-12-13-14-15(7)5-6(9)10/h6,11H,4-5H2,1-3H3. The smallest absolute Gasteiger partial charge is 0.258 e. The molecule has 7 heteroatoms. The van der Waals surface area contributed by atoms with E-state index in [1.54, 1.807) is 0 Å². The summed E-state index contributed by atoms with van der Waals surface area (Å²) in [6, 6.07) is 0. The van der Waals surface area contributed by atoms with Crippen molar-refractivity contribution < 1.29 is 8.78 Å². The Morgan fingerprint density at radius 2 is 2.07 bits per heavy atom. The third kappa shape index (κ3) is 4.28. The first kappa shape index (κ1) is 12.0. The van der Waals surface area contributed by atoms with Crippen LogP contribution >= 0.6 is 0 Å². The quantitative estimate of drug-likeness (QED) is 0.814. The van der Waals surface area contributed by atoms with Crippen molar-refractivity contribution in [2.75, 3.05) is 0 Å². The normalized spacial score (nSPS) is 12.4. The van der Waals surface area contributed by atoms with Gasteiger partial charge in [-0.1, -0.05) is 0 Å². The van der Waals surface area contributed by atoms with Crippen LogP contribution in [0.5, 0.6) is 0 Å². The van der Waals surface area contributed by atoms with Gasteiger partial charge in [0.25, 0.3) is 6.43 Å². The predicted octanol–water partition coefficient (Wildman–Crippen LogP) is 0.826. The Bertz CT molecular complexity index is 304. The Morgan fingerprint density at radius 1 is 1.40 bits per heavy atom. The first-order valence-electron chi connectivity index (χ1n) is 4.67. The molecule has 15 heavy (non-hydrogen) atoms. The third-order valence-electron chi connectivity index (χ3n) is 1.69. The lowest BCUT2D eigenvalue weighted by molar-refractivity contribution is 0.119. The van der Waals surface area contributed by atoms with Crippen LogP contribution in [0.1, 0.15) is 26.6 Å². The highest BCUT2D eigenvalue weighted by Crippen LogP contribution is 2.03. The summed E-state index contributed by atoms with van der Waals surface area (Å²) >= 11 is 0. The second kappa shape index (κ2) is 4.61. The predicted molar refractivity (Wildman–Crippen MR) is 50.4 cm³/mol. The zero-order valence-electron chi connectivity index (χ0n) is 9.04. The van der Waals surface area contributed by atoms with E-state index in [-0.39, 0.29) is 5.54 Å². The van der Waals surface area contributed by atoms with Crippen LogP contribution in [0.15, 0.2) is 0 Å². The van der Waals surface area contributed by atoms with Gasteiger partial charge in [0.2, 0.25) is 0 Å².